The van der Waals surface area contributed by atoms with Crippen molar-refractivity contribution in [3.8, 4) is 0 Å². The summed E-state index contributed by atoms with van der Waals surface area (Å²) < 4.78 is 28.8. The zero-order valence-corrected chi connectivity index (χ0v) is 91.5. The number of nitrogens with one attached hydrogen (secondary N) is 6. The van der Waals surface area contributed by atoms with Crippen LogP contribution in [0.5, 0.6) is 0 Å². The molecular formula is C111H190N24O7. The van der Waals surface area contributed by atoms with E-state index in [0.29, 0.717) is 78.5 Å². The minimum atomic E-state index is -0.0983. The van der Waals surface area contributed by atoms with Gasteiger partial charge in [0.05, 0.1) is 126 Å². The van der Waals surface area contributed by atoms with Crippen molar-refractivity contribution >= 4 is 23.6 Å². The van der Waals surface area contributed by atoms with Crippen LogP contribution in [0.1, 0.15) is 342 Å². The first-order valence-corrected chi connectivity index (χ1v) is 56.6. The smallest absolute Gasteiger partial charge is 0.228 e. The zero-order chi connectivity index (χ0) is 100. The van der Waals surface area contributed by atoms with Crippen LogP contribution in [0, 0.1) is 38.9 Å². The molecule has 9 aliphatic heterocycles. The molecule has 5 saturated carbocycles. The third-order valence-electron chi connectivity index (χ3n) is 36.4. The molecule has 14 aliphatic rings. The molecule has 6 N–H and O–H groups in total. The van der Waals surface area contributed by atoms with Crippen molar-refractivity contribution in [2.75, 3.05) is 202 Å². The van der Waals surface area contributed by atoms with Crippen molar-refractivity contribution in [3.63, 3.8) is 0 Å². The minimum absolute atomic E-state index is 0.0640. The van der Waals surface area contributed by atoms with Gasteiger partial charge < -0.3 is 65.4 Å². The van der Waals surface area contributed by atoms with Crippen LogP contribution in [0.3, 0.4) is 0 Å². The first-order valence-electron chi connectivity index (χ1n) is 56.6. The van der Waals surface area contributed by atoms with Gasteiger partial charge in [-0.15, -0.1) is 0 Å². The number of hydrogen-bond donors (Lipinski definition) is 6. The van der Waals surface area contributed by atoms with Gasteiger partial charge in [0.25, 0.3) is 0 Å². The number of carbonyl (C=O) groups is 4. The molecule has 4 amide bonds. The Labute approximate surface area is 853 Å². The van der Waals surface area contributed by atoms with Crippen LogP contribution in [0.15, 0.2) is 0 Å². The molecule has 31 heteroatoms. The Morgan fingerprint density at radius 2 is 0.725 bits per heavy atom. The normalized spacial score (nSPS) is 23.2. The molecule has 142 heavy (non-hydrogen) atoms. The Hall–Kier alpha value is -6.59. The van der Waals surface area contributed by atoms with E-state index in [4.69, 9.17) is 39.6 Å². The number of likely N-dealkylation sites (tertiary alicyclic amines) is 3. The van der Waals surface area contributed by atoms with E-state index in [1.165, 1.54) is 151 Å². The molecule has 796 valence electrons. The zero-order valence-electron chi connectivity index (χ0n) is 91.5. The maximum absolute atomic E-state index is 13.2. The number of amides is 4. The molecule has 0 atom stereocenters. The quantitative estimate of drug-likeness (QED) is 0.0217. The van der Waals surface area contributed by atoms with Crippen molar-refractivity contribution in [2.45, 2.75) is 355 Å². The van der Waals surface area contributed by atoms with Gasteiger partial charge in [0.2, 0.25) is 23.6 Å². The fourth-order valence-electron chi connectivity index (χ4n) is 27.6. The number of hydrogen-bond acceptors (Lipinski definition) is 22. The number of imidazole rings is 1. The maximum atomic E-state index is 13.2. The predicted molar refractivity (Wildman–Crippen MR) is 563 cm³/mol. The van der Waals surface area contributed by atoms with Crippen LogP contribution in [0.2, 0.25) is 0 Å². The van der Waals surface area contributed by atoms with Crippen LogP contribution in [0.4, 0.5) is 0 Å². The molecule has 0 bridgehead atoms. The lowest BCUT2D eigenvalue weighted by Crippen LogP contribution is -2.38. The van der Waals surface area contributed by atoms with E-state index >= 15 is 0 Å². The summed E-state index contributed by atoms with van der Waals surface area (Å²) >= 11 is 0. The van der Waals surface area contributed by atoms with Gasteiger partial charge in [-0.05, 0) is 291 Å². The highest BCUT2D eigenvalue weighted by Gasteiger charge is 2.54. The molecule has 14 heterocycles. The number of ether oxygens (including phenoxy) is 3. The summed E-state index contributed by atoms with van der Waals surface area (Å²) in [5.41, 5.74) is 19.3. The molecule has 4 saturated heterocycles. The molecular weight excluding hydrogens is 1780 g/mol. The monoisotopic (exact) mass is 1970 g/mol. The molecule has 5 aromatic heterocycles. The average Bonchev–Trinajstić information content (AvgIpc) is 1.61. The number of carbonyl (C=O) groups excluding carboxylic acids is 4. The number of aromatic nitrogens is 10. The minimum Gasteiger partial charge on any atom is -0.373 e. The summed E-state index contributed by atoms with van der Waals surface area (Å²) in [7, 11) is 22.9. The van der Waals surface area contributed by atoms with E-state index < -0.39 is 0 Å². The van der Waals surface area contributed by atoms with Gasteiger partial charge in [-0.25, -0.2) is 4.98 Å². The van der Waals surface area contributed by atoms with Crippen molar-refractivity contribution in [1.29, 1.82) is 0 Å². The first kappa shape index (κ1) is 110. The first-order chi connectivity index (χ1) is 68.6. The summed E-state index contributed by atoms with van der Waals surface area (Å²) in [5.74, 6) is 6.80. The molecule has 9 fully saturated rings. The molecule has 0 aromatic carbocycles. The van der Waals surface area contributed by atoms with Crippen molar-refractivity contribution in [3.05, 3.63) is 85.0 Å². The lowest BCUT2D eigenvalue weighted by Gasteiger charge is -2.40. The summed E-state index contributed by atoms with van der Waals surface area (Å²) in [6.45, 7) is 42.8. The fourth-order valence-corrected chi connectivity index (χ4v) is 27.6. The van der Waals surface area contributed by atoms with Gasteiger partial charge >= 0.3 is 0 Å². The van der Waals surface area contributed by atoms with Crippen molar-refractivity contribution in [2.24, 2.45) is 38.9 Å². The van der Waals surface area contributed by atoms with E-state index in [1.54, 1.807) is 11.3 Å². The summed E-state index contributed by atoms with van der Waals surface area (Å²) in [6.07, 6.45) is 35.6. The second-order valence-electron chi connectivity index (χ2n) is 47.0. The van der Waals surface area contributed by atoms with E-state index in [0.717, 1.165) is 318 Å². The highest BCUT2D eigenvalue weighted by atomic mass is 16.5. The van der Waals surface area contributed by atoms with Crippen LogP contribution in [-0.4, -0.2) is 314 Å². The summed E-state index contributed by atoms with van der Waals surface area (Å²) in [4.78, 5) is 74.7. The number of aryl methyl sites for hydroxylation is 2. The second-order valence-corrected chi connectivity index (χ2v) is 47.0. The van der Waals surface area contributed by atoms with Gasteiger partial charge in [-0.1, -0.05) is 54.4 Å². The van der Waals surface area contributed by atoms with E-state index in [2.05, 4.69) is 166 Å². The molecule has 0 unspecified atom stereocenters. The summed E-state index contributed by atoms with van der Waals surface area (Å²) in [6, 6.07) is 0. The van der Waals surface area contributed by atoms with E-state index in [1.807, 2.05) is 47.2 Å². The third-order valence-corrected chi connectivity index (χ3v) is 36.4. The number of nitrogens with zero attached hydrogens (tertiary/aromatic N) is 18. The standard InChI is InChI=1S/C24H41N5O2.C24H41N5O.C22H40N4.C21H35N5O2.C20H33N5O2/c1-18(2)15-28-11-9-24(23(28)30)7-5-19(6-8-24)22-20(16-27(4)12-10-25-3)26-29-13-14-31-17-21(22)29;1-18(2)16-28-14-11-24(23(28)30)9-7-19(8-10-24)22-20(17-27(4)15-12-25-3)26-29-13-5-6-21(22)29;1-5-22(6-2)12-10-18(11-13-22)21-19(17-25(4)16-14-23-3)24-20-9-7-8-15-26(20)21;1-22-9-11-24(2)14-17-19(18-15-28-13-12-26(18)23-17)16-4-6-21(7-5-16)8-10-25(3)20(21)27;1-21-9-10-24(2)13-16-18(17-14-27-12-11-25(17)23-16)15-3-5-20(6-4-15)7-8-22-19(20)26/h18-19,25H,5-17H2,1-4H3;18-19,25H,5-17H2,1-4H3;18,23H,5-17H2,1-4H3;16,22H,4-15H2,1-3H3;15,21H,3-14H2,1-2H3,(H,22,26). The lowest BCUT2D eigenvalue weighted by atomic mass is 9.67. The predicted octanol–water partition coefficient (Wildman–Crippen LogP) is 12.7. The number of fused-ring (bicyclic) bond motifs is 5. The molecule has 19 rings (SSSR count). The van der Waals surface area contributed by atoms with Crippen LogP contribution in [0.25, 0.3) is 0 Å². The Morgan fingerprint density at radius 3 is 1.07 bits per heavy atom. The Bertz CT molecular complexity index is 4840. The van der Waals surface area contributed by atoms with Crippen molar-refractivity contribution in [1.82, 2.24) is 120 Å². The topological polar surface area (TPSA) is 283 Å². The van der Waals surface area contributed by atoms with Gasteiger partial charge in [0.15, 0.2) is 0 Å². The maximum Gasteiger partial charge on any atom is 0.228 e. The molecule has 5 aliphatic carbocycles. The average molecular weight is 1970 g/mol. The van der Waals surface area contributed by atoms with Gasteiger partial charge in [-0.3, -0.25) is 62.4 Å². The lowest BCUT2D eigenvalue weighted by molar-refractivity contribution is -0.138. The highest BCUT2D eigenvalue weighted by Crippen LogP contribution is 2.56. The second kappa shape index (κ2) is 50.6. The van der Waals surface area contributed by atoms with Gasteiger partial charge in [-0.2, -0.15) is 20.4 Å². The third kappa shape index (κ3) is 25.6. The largest absolute Gasteiger partial charge is 0.373 e. The SMILES string of the molecule is CCC1(CC)CCC(c2c(CN(C)CCNC)nc3n2CCCC3)CC1.CNCCN(C)Cc1nn2c(c1C1CCC3(CC1)CCN(C)C3=O)COCC2.CNCCN(C)Cc1nn2c(c1C1CCC3(CC1)CCN(CC(C)C)C3=O)CCC2.CNCCN(C)Cc1nn2c(c1C1CCC3(CC1)CCN(CC(C)C)C3=O)COCC2.CNCCN(C)Cc1nn2c(c1C1CCC3(CCNC3=O)CC1)COCC2. The molecule has 31 nitrogen and oxygen atoms in total. The summed E-state index contributed by atoms with van der Waals surface area (Å²) in [5, 5.41) is 39.3. The van der Waals surface area contributed by atoms with E-state index in [-0.39, 0.29) is 27.6 Å². The Balaban J connectivity index is 0.000000134. The van der Waals surface area contributed by atoms with Crippen LogP contribution < -0.4 is 31.9 Å². The van der Waals surface area contributed by atoms with Crippen LogP contribution in [-0.2, 0) is 131 Å². The molecule has 4 spiro atoms. The highest BCUT2D eigenvalue weighted by molar-refractivity contribution is 5.86. The Kier molecular flexibility index (Phi) is 39.1. The van der Waals surface area contributed by atoms with E-state index in [9.17, 15) is 19.2 Å². The van der Waals surface area contributed by atoms with Crippen molar-refractivity contribution < 1.29 is 33.4 Å². The van der Waals surface area contributed by atoms with Crippen LogP contribution >= 0.6 is 0 Å². The fraction of sp³-hybridized carbons (Fsp3) is 0.829. The molecule has 5 aromatic rings. The number of likely N-dealkylation sites (N-methyl/N-ethyl adjacent to an activating group) is 10. The van der Waals surface area contributed by atoms with Gasteiger partial charge in [0.1, 0.15) is 5.82 Å². The van der Waals surface area contributed by atoms with Gasteiger partial charge in [0, 0.05) is 204 Å². The Morgan fingerprint density at radius 1 is 0.380 bits per heavy atom. The molecule has 0 radical (unpaired) electrons. The number of rotatable bonds is 36.